The maximum absolute atomic E-state index is 13.8. The number of rotatable bonds is 8. The maximum atomic E-state index is 13.8. The van der Waals surface area contributed by atoms with Gasteiger partial charge in [0.15, 0.2) is 0 Å². The van der Waals surface area contributed by atoms with Crippen molar-refractivity contribution < 1.29 is 24.5 Å². The van der Waals surface area contributed by atoms with Crippen molar-refractivity contribution in [1.82, 2.24) is 18.9 Å². The van der Waals surface area contributed by atoms with E-state index < -0.39 is 22.7 Å². The average molecular weight is 587 g/mol. The molecule has 3 amide bonds. The van der Waals surface area contributed by atoms with E-state index in [0.717, 1.165) is 25.7 Å². The number of nitrogens with two attached hydrogens (primary N) is 1. The Hall–Kier alpha value is -3.19. The van der Waals surface area contributed by atoms with Crippen molar-refractivity contribution in [1.29, 1.82) is 0 Å². The minimum atomic E-state index is -0.817. The molecule has 5 fully saturated rings. The summed E-state index contributed by atoms with van der Waals surface area (Å²) in [5.74, 6) is -0.340. The van der Waals surface area contributed by atoms with E-state index in [9.17, 15) is 29.4 Å². The molecule has 0 radical (unpaired) electrons. The minimum absolute atomic E-state index is 0.0264. The first-order chi connectivity index (χ1) is 20.1. The molecule has 2 saturated heterocycles. The summed E-state index contributed by atoms with van der Waals surface area (Å²) in [6.45, 7) is 1.72. The van der Waals surface area contributed by atoms with Crippen LogP contribution in [-0.4, -0.2) is 92.4 Å². The maximum Gasteiger partial charge on any atom is 0.334 e. The lowest BCUT2D eigenvalue weighted by atomic mass is 9.51. The first-order valence-corrected chi connectivity index (χ1v) is 15.3. The Morgan fingerprint density at radius 1 is 1.02 bits per heavy atom. The molecule has 5 aliphatic rings. The predicted octanol–water partition coefficient (Wildman–Crippen LogP) is 0.778. The van der Waals surface area contributed by atoms with Gasteiger partial charge in [-0.1, -0.05) is 12.8 Å². The molecule has 4 N–H and O–H groups in total. The Balaban J connectivity index is 1.25. The highest BCUT2D eigenvalue weighted by Crippen LogP contribution is 2.62. The smallest absolute Gasteiger partial charge is 0.334 e. The zero-order valence-corrected chi connectivity index (χ0v) is 24.3. The second-order valence-corrected chi connectivity index (χ2v) is 13.2. The number of aliphatic hydroxyl groups is 1. The molecule has 3 saturated carbocycles. The van der Waals surface area contributed by atoms with Crippen molar-refractivity contribution in [3.8, 4) is 5.88 Å². The van der Waals surface area contributed by atoms with Gasteiger partial charge in [-0.3, -0.25) is 28.6 Å². The highest BCUT2D eigenvalue weighted by molar-refractivity contribution is 6.07. The number of carbonyl (C=O) groups is 2. The molecule has 13 nitrogen and oxygen atoms in total. The molecule has 42 heavy (non-hydrogen) atoms. The molecular weight excluding hydrogens is 544 g/mol. The Morgan fingerprint density at radius 3 is 2.29 bits per heavy atom. The van der Waals surface area contributed by atoms with Crippen molar-refractivity contribution in [3.05, 3.63) is 26.4 Å². The number of aromatic nitrogens is 2. The van der Waals surface area contributed by atoms with Gasteiger partial charge in [-0.15, -0.1) is 0 Å². The number of hydrogen-bond acceptors (Lipinski definition) is 8. The highest BCUT2D eigenvalue weighted by Gasteiger charge is 2.68. The monoisotopic (exact) mass is 586 g/mol. The van der Waals surface area contributed by atoms with Gasteiger partial charge in [-0.2, -0.15) is 0 Å². The van der Waals surface area contributed by atoms with Gasteiger partial charge in [0.25, 0.3) is 11.5 Å². The van der Waals surface area contributed by atoms with Crippen LogP contribution in [0, 0.1) is 17.3 Å². The lowest BCUT2D eigenvalue weighted by molar-refractivity contribution is -0.152. The number of nitrogens with zero attached hydrogens (tertiary/aromatic N) is 5. The summed E-state index contributed by atoms with van der Waals surface area (Å²) in [5, 5.41) is 20.3. The number of amidine groups is 1. The molecule has 3 aliphatic carbocycles. The van der Waals surface area contributed by atoms with Crippen LogP contribution in [-0.2, 0) is 16.1 Å². The molecule has 0 aromatic carbocycles. The van der Waals surface area contributed by atoms with Crippen molar-refractivity contribution in [2.75, 3.05) is 40.0 Å². The third-order valence-electron chi connectivity index (χ3n) is 10.5. The summed E-state index contributed by atoms with van der Waals surface area (Å²) in [5.41, 5.74) is 3.76. The molecule has 6 rings (SSSR count). The van der Waals surface area contributed by atoms with Crippen LogP contribution in [0.3, 0.4) is 0 Å². The van der Waals surface area contributed by atoms with Gasteiger partial charge in [0.2, 0.25) is 5.88 Å². The molecule has 1 aromatic heterocycles. The van der Waals surface area contributed by atoms with Crippen LogP contribution in [0.1, 0.15) is 75.8 Å². The molecule has 2 spiro atoms. The van der Waals surface area contributed by atoms with E-state index >= 15 is 0 Å². The summed E-state index contributed by atoms with van der Waals surface area (Å²) in [6, 6.07) is -0.638. The van der Waals surface area contributed by atoms with Crippen LogP contribution in [0.2, 0.25) is 0 Å². The van der Waals surface area contributed by atoms with Crippen LogP contribution in [0.4, 0.5) is 4.79 Å². The molecular formula is C29H42N6O7. The second-order valence-electron chi connectivity index (χ2n) is 13.2. The number of aromatic hydroxyl groups is 1. The van der Waals surface area contributed by atoms with Gasteiger partial charge in [-0.05, 0) is 62.7 Å². The van der Waals surface area contributed by atoms with Crippen LogP contribution < -0.4 is 17.0 Å². The van der Waals surface area contributed by atoms with Crippen LogP contribution in [0.15, 0.2) is 14.6 Å². The molecule has 0 unspecified atom stereocenters. The first kappa shape index (κ1) is 28.9. The predicted molar refractivity (Wildman–Crippen MR) is 152 cm³/mol. The topological polar surface area (TPSA) is 173 Å². The Labute approximate surface area is 243 Å². The van der Waals surface area contributed by atoms with E-state index in [1.807, 2.05) is 0 Å². The molecule has 2 aliphatic heterocycles. The zero-order chi connectivity index (χ0) is 29.8. The third-order valence-corrected chi connectivity index (χ3v) is 10.5. The number of carbonyl (C=O) groups excluding carboxylic acids is 2. The van der Waals surface area contributed by atoms with Crippen LogP contribution >= 0.6 is 0 Å². The summed E-state index contributed by atoms with van der Waals surface area (Å²) in [4.78, 5) is 60.8. The minimum Gasteiger partial charge on any atom is -0.494 e. The number of ether oxygens (including phenoxy) is 1. The molecule has 0 atom stereocenters. The quantitative estimate of drug-likeness (QED) is 0.228. The van der Waals surface area contributed by atoms with Crippen molar-refractivity contribution in [3.63, 3.8) is 0 Å². The number of likely N-dealkylation sites (N-methyl/N-ethyl adjacent to an activating group) is 1. The van der Waals surface area contributed by atoms with E-state index in [1.54, 1.807) is 11.9 Å². The van der Waals surface area contributed by atoms with Gasteiger partial charge >= 0.3 is 11.7 Å². The van der Waals surface area contributed by atoms with Gasteiger partial charge < -0.3 is 25.6 Å². The van der Waals surface area contributed by atoms with E-state index in [1.165, 1.54) is 14.0 Å². The van der Waals surface area contributed by atoms with Crippen LogP contribution in [0.5, 0.6) is 5.88 Å². The van der Waals surface area contributed by atoms with Gasteiger partial charge in [0.05, 0.1) is 26.4 Å². The van der Waals surface area contributed by atoms with Crippen molar-refractivity contribution in [2.45, 2.75) is 82.3 Å². The first-order valence-electron chi connectivity index (χ1n) is 15.3. The Bertz CT molecular complexity index is 1390. The van der Waals surface area contributed by atoms with Crippen molar-refractivity contribution in [2.24, 2.45) is 28.0 Å². The van der Waals surface area contributed by atoms with E-state index in [0.29, 0.717) is 64.8 Å². The fourth-order valence-corrected chi connectivity index (χ4v) is 8.21. The zero-order valence-electron chi connectivity index (χ0n) is 24.3. The molecule has 230 valence electrons. The lowest BCUT2D eigenvalue weighted by Crippen LogP contribution is -2.65. The molecule has 13 heteroatoms. The largest absolute Gasteiger partial charge is 0.494 e. The fourth-order valence-electron chi connectivity index (χ4n) is 8.21. The number of hydrogen-bond donors (Lipinski definition) is 3. The second kappa shape index (κ2) is 10.8. The molecule has 1 aromatic rings. The summed E-state index contributed by atoms with van der Waals surface area (Å²) in [7, 11) is 1.55. The summed E-state index contributed by atoms with van der Waals surface area (Å²) in [6.07, 6.45) is 7.72. The Morgan fingerprint density at radius 2 is 1.69 bits per heavy atom. The van der Waals surface area contributed by atoms with Crippen LogP contribution in [0.25, 0.3) is 0 Å². The SMILES string of the molecule is CN1C(=O)N(CC2COC2)C2(CC3(CCC(n4c(=O)c(C(N)=NCCO)c(O)n(CC5CCCC5)c4=O)CC3)C2)C1=O. The summed E-state index contributed by atoms with van der Waals surface area (Å²) < 4.78 is 7.82. The van der Waals surface area contributed by atoms with E-state index in [-0.39, 0.29) is 59.8 Å². The van der Waals surface area contributed by atoms with E-state index in [4.69, 9.17) is 10.5 Å². The number of aliphatic hydroxyl groups excluding tert-OH is 1. The lowest BCUT2D eigenvalue weighted by Gasteiger charge is -2.58. The van der Waals surface area contributed by atoms with Crippen molar-refractivity contribution >= 4 is 17.8 Å². The number of imide groups is 1. The highest BCUT2D eigenvalue weighted by atomic mass is 16.5. The normalized spacial score (nSPS) is 30.5. The number of amides is 3. The molecule has 3 heterocycles. The number of aliphatic imine (C=N–C) groups is 1. The molecule has 0 bridgehead atoms. The van der Waals surface area contributed by atoms with E-state index in [2.05, 4.69) is 4.99 Å². The summed E-state index contributed by atoms with van der Waals surface area (Å²) >= 11 is 0. The standard InChI is InChI=1S/C29H42N6O7/c1-32-25(39)29(34(26(32)40)13-19-14-42-15-19)16-28(17-29)8-6-20(7-9-28)35-24(38)21(22(30)31-10-11-36)23(37)33(27(35)41)12-18-4-2-3-5-18/h18-20,36-37H,2-17H2,1H3,(H2,30,31). The fraction of sp³-hybridized carbons (Fsp3) is 0.759. The van der Waals surface area contributed by atoms with Gasteiger partial charge in [0, 0.05) is 32.1 Å². The van der Waals surface area contributed by atoms with Gasteiger partial charge in [0.1, 0.15) is 16.9 Å². The number of urea groups is 1. The third kappa shape index (κ3) is 4.55. The Kier molecular flexibility index (Phi) is 7.45. The average Bonchev–Trinajstić information content (AvgIpc) is 3.50. The van der Waals surface area contributed by atoms with Gasteiger partial charge in [-0.25, -0.2) is 9.59 Å².